The molecule has 8 heteroatoms. The summed E-state index contributed by atoms with van der Waals surface area (Å²) in [4.78, 5) is 25.2. The Balaban J connectivity index is 1.88. The number of hydrogen-bond acceptors (Lipinski definition) is 6. The highest BCUT2D eigenvalue weighted by molar-refractivity contribution is 7.89. The maximum Gasteiger partial charge on any atom is 0.336 e. The number of nitrogens with one attached hydrogen (secondary N) is 1. The van der Waals surface area contributed by atoms with Gasteiger partial charge in [-0.2, -0.15) is 4.72 Å². The molecule has 0 amide bonds. The van der Waals surface area contributed by atoms with E-state index in [1.54, 1.807) is 31.2 Å². The van der Waals surface area contributed by atoms with Gasteiger partial charge in [-0.25, -0.2) is 18.0 Å². The van der Waals surface area contributed by atoms with E-state index in [2.05, 4.69) is 11.6 Å². The van der Waals surface area contributed by atoms with Gasteiger partial charge < -0.3 is 9.15 Å². The lowest BCUT2D eigenvalue weighted by Gasteiger charge is -2.18. The summed E-state index contributed by atoms with van der Waals surface area (Å²) in [6, 6.07) is 10.3. The molecule has 182 valence electrons. The molecule has 1 heterocycles. The Labute approximate surface area is 200 Å². The predicted octanol–water partition coefficient (Wildman–Crippen LogP) is 4.81. The number of sulfonamides is 1. The fraction of sp³-hybridized carbons (Fsp3) is 0.385. The molecule has 2 aromatic carbocycles. The smallest absolute Gasteiger partial charge is 0.336 e. The topological polar surface area (TPSA) is 103 Å². The normalized spacial score (nSPS) is 12.6. The van der Waals surface area contributed by atoms with E-state index in [0.29, 0.717) is 17.6 Å². The standard InChI is InChI=1S/C26H31NO6S/c1-5-7-9-19-16-24(28)33-25-18(4)23(15-14-21(19)25)32-26(29)22(8-6-2)27-34(30,31)20-12-10-17(3)11-13-20/h10-16,22,27H,5-9H2,1-4H3/t22-/m0/s1. The number of rotatable bonds is 10. The van der Waals surface area contributed by atoms with E-state index in [0.717, 1.165) is 35.8 Å². The number of hydrogen-bond donors (Lipinski definition) is 1. The highest BCUT2D eigenvalue weighted by Gasteiger charge is 2.27. The second-order valence-electron chi connectivity index (χ2n) is 8.46. The van der Waals surface area contributed by atoms with Crippen LogP contribution >= 0.6 is 0 Å². The van der Waals surface area contributed by atoms with Crippen LogP contribution in [-0.2, 0) is 21.2 Å². The summed E-state index contributed by atoms with van der Waals surface area (Å²) in [6.45, 7) is 7.51. The van der Waals surface area contributed by atoms with Crippen LogP contribution in [0.2, 0.25) is 0 Å². The summed E-state index contributed by atoms with van der Waals surface area (Å²) >= 11 is 0. The molecule has 0 spiro atoms. The molecule has 1 atom stereocenters. The first-order chi connectivity index (χ1) is 16.2. The highest BCUT2D eigenvalue weighted by Crippen LogP contribution is 2.29. The van der Waals surface area contributed by atoms with Crippen LogP contribution in [0.4, 0.5) is 0 Å². The summed E-state index contributed by atoms with van der Waals surface area (Å²) < 4.78 is 39.1. The lowest BCUT2D eigenvalue weighted by Crippen LogP contribution is -2.42. The SMILES string of the molecule is CCCCc1cc(=O)oc2c(C)c(OC(=O)[C@H](CCC)NS(=O)(=O)c3ccc(C)cc3)ccc12. The van der Waals surface area contributed by atoms with Gasteiger partial charge in [0.2, 0.25) is 10.0 Å². The lowest BCUT2D eigenvalue weighted by atomic mass is 10.0. The van der Waals surface area contributed by atoms with Gasteiger partial charge in [-0.05, 0) is 62.9 Å². The molecular formula is C26H31NO6S. The van der Waals surface area contributed by atoms with Gasteiger partial charge in [-0.3, -0.25) is 0 Å². The quantitative estimate of drug-likeness (QED) is 0.251. The zero-order valence-electron chi connectivity index (χ0n) is 20.0. The van der Waals surface area contributed by atoms with Gasteiger partial charge in [0.15, 0.2) is 0 Å². The fourth-order valence-electron chi connectivity index (χ4n) is 3.76. The van der Waals surface area contributed by atoms with E-state index in [-0.39, 0.29) is 17.1 Å². The lowest BCUT2D eigenvalue weighted by molar-refractivity contribution is -0.136. The van der Waals surface area contributed by atoms with E-state index >= 15 is 0 Å². The van der Waals surface area contributed by atoms with Gasteiger partial charge >= 0.3 is 11.6 Å². The van der Waals surface area contributed by atoms with Crippen LogP contribution in [0, 0.1) is 13.8 Å². The van der Waals surface area contributed by atoms with Crippen LogP contribution in [0.3, 0.4) is 0 Å². The number of aryl methyl sites for hydroxylation is 3. The molecule has 0 saturated carbocycles. The van der Waals surface area contributed by atoms with Crippen molar-refractivity contribution in [3.63, 3.8) is 0 Å². The average molecular weight is 486 g/mol. The van der Waals surface area contributed by atoms with E-state index in [1.807, 2.05) is 13.8 Å². The van der Waals surface area contributed by atoms with Gasteiger partial charge in [0.25, 0.3) is 0 Å². The summed E-state index contributed by atoms with van der Waals surface area (Å²) in [5, 5.41) is 0.801. The Morgan fingerprint density at radius 1 is 1.06 bits per heavy atom. The minimum atomic E-state index is -3.91. The molecule has 7 nitrogen and oxygen atoms in total. The number of fused-ring (bicyclic) bond motifs is 1. The molecule has 0 aliphatic carbocycles. The third-order valence-corrected chi connectivity index (χ3v) is 7.19. The van der Waals surface area contributed by atoms with E-state index < -0.39 is 27.7 Å². The van der Waals surface area contributed by atoms with Crippen LogP contribution in [0.15, 0.2) is 56.6 Å². The van der Waals surface area contributed by atoms with Crippen LogP contribution in [0.5, 0.6) is 5.75 Å². The van der Waals surface area contributed by atoms with E-state index in [1.165, 1.54) is 18.2 Å². The Morgan fingerprint density at radius 3 is 2.41 bits per heavy atom. The predicted molar refractivity (Wildman–Crippen MR) is 132 cm³/mol. The summed E-state index contributed by atoms with van der Waals surface area (Å²) in [7, 11) is -3.91. The highest BCUT2D eigenvalue weighted by atomic mass is 32.2. The number of esters is 1. The fourth-order valence-corrected chi connectivity index (χ4v) is 4.98. The second-order valence-corrected chi connectivity index (χ2v) is 10.2. The van der Waals surface area contributed by atoms with Crippen molar-refractivity contribution in [2.24, 2.45) is 0 Å². The third-order valence-electron chi connectivity index (χ3n) is 5.70. The maximum absolute atomic E-state index is 13.0. The van der Waals surface area contributed by atoms with Crippen molar-refractivity contribution in [3.8, 4) is 5.75 Å². The third kappa shape index (κ3) is 5.93. The number of carbonyl (C=O) groups is 1. The summed E-state index contributed by atoms with van der Waals surface area (Å²) in [5.74, 6) is -0.492. The first-order valence-corrected chi connectivity index (χ1v) is 13.0. The van der Waals surface area contributed by atoms with Crippen LogP contribution in [0.1, 0.15) is 56.2 Å². The molecule has 34 heavy (non-hydrogen) atoms. The van der Waals surface area contributed by atoms with Gasteiger partial charge in [-0.15, -0.1) is 0 Å². The Hall–Kier alpha value is -2.97. The van der Waals surface area contributed by atoms with Crippen molar-refractivity contribution in [3.05, 3.63) is 69.6 Å². The first-order valence-electron chi connectivity index (χ1n) is 11.5. The molecule has 0 unspecified atom stereocenters. The van der Waals surface area contributed by atoms with E-state index in [4.69, 9.17) is 9.15 Å². The van der Waals surface area contributed by atoms with E-state index in [9.17, 15) is 18.0 Å². The molecule has 0 aliphatic heterocycles. The molecule has 1 N–H and O–H groups in total. The second kappa shape index (κ2) is 11.0. The van der Waals surface area contributed by atoms with Crippen LogP contribution in [-0.4, -0.2) is 20.4 Å². The van der Waals surface area contributed by atoms with Crippen molar-refractivity contribution in [2.45, 2.75) is 70.7 Å². The molecule has 0 saturated heterocycles. The van der Waals surface area contributed by atoms with Crippen molar-refractivity contribution in [1.82, 2.24) is 4.72 Å². The zero-order valence-corrected chi connectivity index (χ0v) is 20.8. The first kappa shape index (κ1) is 25.6. The Kier molecular flexibility index (Phi) is 8.28. The maximum atomic E-state index is 13.0. The summed E-state index contributed by atoms with van der Waals surface area (Å²) in [6.07, 6.45) is 3.52. The monoisotopic (exact) mass is 485 g/mol. The van der Waals surface area contributed by atoms with Gasteiger partial charge in [-0.1, -0.05) is 44.4 Å². The van der Waals surface area contributed by atoms with Gasteiger partial charge in [0, 0.05) is 17.0 Å². The molecule has 0 fully saturated rings. The zero-order chi connectivity index (χ0) is 24.9. The van der Waals surface area contributed by atoms with Crippen molar-refractivity contribution >= 4 is 27.0 Å². The van der Waals surface area contributed by atoms with Crippen molar-refractivity contribution < 1.29 is 22.4 Å². The minimum Gasteiger partial charge on any atom is -0.425 e. The van der Waals surface area contributed by atoms with Crippen LogP contribution in [0.25, 0.3) is 11.0 Å². The number of unbranched alkanes of at least 4 members (excludes halogenated alkanes) is 1. The van der Waals surface area contributed by atoms with Crippen LogP contribution < -0.4 is 15.1 Å². The molecule has 1 aromatic heterocycles. The van der Waals surface area contributed by atoms with Gasteiger partial charge in [0.05, 0.1) is 4.90 Å². The number of ether oxygens (including phenoxy) is 1. The summed E-state index contributed by atoms with van der Waals surface area (Å²) in [5.41, 5.74) is 2.25. The Morgan fingerprint density at radius 2 is 1.76 bits per heavy atom. The molecule has 0 aliphatic rings. The molecular weight excluding hydrogens is 454 g/mol. The molecule has 3 aromatic rings. The largest absolute Gasteiger partial charge is 0.425 e. The molecule has 3 rings (SSSR count). The van der Waals surface area contributed by atoms with Crippen molar-refractivity contribution in [2.75, 3.05) is 0 Å². The van der Waals surface area contributed by atoms with Gasteiger partial charge in [0.1, 0.15) is 17.4 Å². The average Bonchev–Trinajstić information content (AvgIpc) is 2.79. The molecule has 0 radical (unpaired) electrons. The minimum absolute atomic E-state index is 0.0790. The number of carbonyl (C=O) groups excluding carboxylic acids is 1. The number of benzene rings is 2. The Bertz CT molecular complexity index is 1330. The molecule has 0 bridgehead atoms. The van der Waals surface area contributed by atoms with Crippen molar-refractivity contribution in [1.29, 1.82) is 0 Å².